The standard InChI is InChI=1S/C8H12O2/c1-4-5-7(2)6-8(9)10-3/h4,6H,1,5H2,2-3H3/b7-6+. The van der Waals surface area contributed by atoms with Gasteiger partial charge < -0.3 is 4.74 Å². The molecule has 0 aliphatic rings. The summed E-state index contributed by atoms with van der Waals surface area (Å²) in [4.78, 5) is 10.6. The Morgan fingerprint density at radius 3 is 2.70 bits per heavy atom. The van der Waals surface area contributed by atoms with Crippen LogP contribution in [0.15, 0.2) is 24.3 Å². The van der Waals surface area contributed by atoms with Crippen LogP contribution >= 0.6 is 0 Å². The normalized spacial score (nSPS) is 10.8. The summed E-state index contributed by atoms with van der Waals surface area (Å²) in [5, 5.41) is 0. The zero-order chi connectivity index (χ0) is 7.98. The van der Waals surface area contributed by atoms with Gasteiger partial charge in [-0.05, 0) is 13.3 Å². The fourth-order valence-electron chi connectivity index (χ4n) is 0.547. The molecule has 2 heteroatoms. The molecule has 0 aliphatic heterocycles. The third-order valence-corrected chi connectivity index (χ3v) is 1.03. The zero-order valence-electron chi connectivity index (χ0n) is 6.39. The molecule has 0 fully saturated rings. The Balaban J connectivity index is 3.88. The molecular weight excluding hydrogens is 128 g/mol. The minimum absolute atomic E-state index is 0.306. The van der Waals surface area contributed by atoms with Crippen LogP contribution in [0.3, 0.4) is 0 Å². The second kappa shape index (κ2) is 4.79. The van der Waals surface area contributed by atoms with Crippen molar-refractivity contribution in [1.29, 1.82) is 0 Å². The highest BCUT2D eigenvalue weighted by Crippen LogP contribution is 1.99. The van der Waals surface area contributed by atoms with Gasteiger partial charge >= 0.3 is 5.97 Å². The maximum absolute atomic E-state index is 10.6. The first-order valence-corrected chi connectivity index (χ1v) is 3.06. The molecule has 0 aromatic heterocycles. The minimum atomic E-state index is -0.306. The van der Waals surface area contributed by atoms with Crippen molar-refractivity contribution in [3.05, 3.63) is 24.3 Å². The molecule has 0 heterocycles. The monoisotopic (exact) mass is 140 g/mol. The molecule has 0 saturated carbocycles. The molecule has 0 radical (unpaired) electrons. The summed E-state index contributed by atoms with van der Waals surface area (Å²) >= 11 is 0. The molecule has 56 valence electrons. The SMILES string of the molecule is C=CC/C(C)=C/C(=O)OC. The van der Waals surface area contributed by atoms with Crippen LogP contribution in [-0.2, 0) is 9.53 Å². The van der Waals surface area contributed by atoms with Crippen molar-refractivity contribution in [3.63, 3.8) is 0 Å². The first kappa shape index (κ1) is 8.95. The van der Waals surface area contributed by atoms with Crippen molar-refractivity contribution in [1.82, 2.24) is 0 Å². The van der Waals surface area contributed by atoms with E-state index in [2.05, 4.69) is 11.3 Å². The van der Waals surface area contributed by atoms with Crippen molar-refractivity contribution in [3.8, 4) is 0 Å². The van der Waals surface area contributed by atoms with Gasteiger partial charge in [0.2, 0.25) is 0 Å². The molecular formula is C8H12O2. The van der Waals surface area contributed by atoms with Gasteiger partial charge in [0.05, 0.1) is 7.11 Å². The number of methoxy groups -OCH3 is 1. The van der Waals surface area contributed by atoms with Crippen LogP contribution < -0.4 is 0 Å². The lowest BCUT2D eigenvalue weighted by molar-refractivity contribution is -0.134. The number of rotatable bonds is 3. The molecule has 0 N–H and O–H groups in total. The molecule has 0 aromatic rings. The van der Waals surface area contributed by atoms with Gasteiger partial charge in [-0.15, -0.1) is 6.58 Å². The number of hydrogen-bond acceptors (Lipinski definition) is 2. The Morgan fingerprint density at radius 2 is 2.30 bits per heavy atom. The molecule has 2 nitrogen and oxygen atoms in total. The van der Waals surface area contributed by atoms with E-state index in [1.807, 2.05) is 6.92 Å². The Kier molecular flexibility index (Phi) is 4.29. The smallest absolute Gasteiger partial charge is 0.330 e. The Bertz CT molecular complexity index is 157. The predicted octanol–water partition coefficient (Wildman–Crippen LogP) is 1.68. The number of carbonyl (C=O) groups excluding carboxylic acids is 1. The van der Waals surface area contributed by atoms with E-state index in [1.54, 1.807) is 6.08 Å². The second-order valence-corrected chi connectivity index (χ2v) is 2.01. The lowest BCUT2D eigenvalue weighted by Crippen LogP contribution is -1.95. The fraction of sp³-hybridized carbons (Fsp3) is 0.375. The highest BCUT2D eigenvalue weighted by atomic mass is 16.5. The highest BCUT2D eigenvalue weighted by molar-refractivity contribution is 5.82. The van der Waals surface area contributed by atoms with Gasteiger partial charge in [0, 0.05) is 6.08 Å². The van der Waals surface area contributed by atoms with E-state index in [9.17, 15) is 4.79 Å². The highest BCUT2D eigenvalue weighted by Gasteiger charge is 1.93. The van der Waals surface area contributed by atoms with Gasteiger partial charge in [0.1, 0.15) is 0 Å². The molecule has 0 amide bonds. The van der Waals surface area contributed by atoms with Crippen LogP contribution in [0.25, 0.3) is 0 Å². The summed E-state index contributed by atoms with van der Waals surface area (Å²) in [6.07, 6.45) is 3.94. The van der Waals surface area contributed by atoms with Crippen LogP contribution in [0.1, 0.15) is 13.3 Å². The summed E-state index contributed by atoms with van der Waals surface area (Å²) in [7, 11) is 1.36. The lowest BCUT2D eigenvalue weighted by atomic mass is 10.2. The third kappa shape index (κ3) is 3.89. The second-order valence-electron chi connectivity index (χ2n) is 2.01. The van der Waals surface area contributed by atoms with Crippen LogP contribution in [0.5, 0.6) is 0 Å². The average molecular weight is 140 g/mol. The quantitative estimate of drug-likeness (QED) is 0.338. The predicted molar refractivity (Wildman–Crippen MR) is 40.6 cm³/mol. The van der Waals surface area contributed by atoms with Gasteiger partial charge in [-0.2, -0.15) is 0 Å². The zero-order valence-corrected chi connectivity index (χ0v) is 6.39. The summed E-state index contributed by atoms with van der Waals surface area (Å²) < 4.78 is 4.42. The largest absolute Gasteiger partial charge is 0.466 e. The number of hydrogen-bond donors (Lipinski definition) is 0. The van der Waals surface area contributed by atoms with Gasteiger partial charge in [-0.1, -0.05) is 11.6 Å². The van der Waals surface area contributed by atoms with Crippen LogP contribution in [-0.4, -0.2) is 13.1 Å². The molecule has 0 bridgehead atoms. The molecule has 0 unspecified atom stereocenters. The molecule has 0 rings (SSSR count). The Labute approximate surface area is 61.2 Å². The van der Waals surface area contributed by atoms with E-state index in [0.29, 0.717) is 0 Å². The molecule has 0 aliphatic carbocycles. The third-order valence-electron chi connectivity index (χ3n) is 1.03. The van der Waals surface area contributed by atoms with Crippen LogP contribution in [0, 0.1) is 0 Å². The average Bonchev–Trinajstić information content (AvgIpc) is 1.88. The summed E-state index contributed by atoms with van der Waals surface area (Å²) in [5.74, 6) is -0.306. The molecule has 0 spiro atoms. The van der Waals surface area contributed by atoms with Gasteiger partial charge in [0.25, 0.3) is 0 Å². The first-order valence-electron chi connectivity index (χ1n) is 3.06. The van der Waals surface area contributed by atoms with Gasteiger partial charge in [0.15, 0.2) is 0 Å². The summed E-state index contributed by atoms with van der Waals surface area (Å²) in [5.41, 5.74) is 0.960. The summed E-state index contributed by atoms with van der Waals surface area (Å²) in [6.45, 7) is 5.40. The van der Waals surface area contributed by atoms with Gasteiger partial charge in [-0.25, -0.2) is 4.79 Å². The molecule has 0 atom stereocenters. The van der Waals surface area contributed by atoms with Crippen molar-refractivity contribution in [2.75, 3.05) is 7.11 Å². The maximum Gasteiger partial charge on any atom is 0.330 e. The van der Waals surface area contributed by atoms with E-state index in [4.69, 9.17) is 0 Å². The van der Waals surface area contributed by atoms with Crippen LogP contribution in [0.4, 0.5) is 0 Å². The minimum Gasteiger partial charge on any atom is -0.466 e. The maximum atomic E-state index is 10.6. The van der Waals surface area contributed by atoms with Crippen molar-refractivity contribution < 1.29 is 9.53 Å². The van der Waals surface area contributed by atoms with E-state index in [0.717, 1.165) is 12.0 Å². The number of ether oxygens (including phenoxy) is 1. The number of carbonyl (C=O) groups is 1. The van der Waals surface area contributed by atoms with Crippen molar-refractivity contribution >= 4 is 5.97 Å². The Hall–Kier alpha value is -1.05. The van der Waals surface area contributed by atoms with E-state index in [-0.39, 0.29) is 5.97 Å². The fourth-order valence-corrected chi connectivity index (χ4v) is 0.547. The molecule has 0 saturated heterocycles. The van der Waals surface area contributed by atoms with Gasteiger partial charge in [-0.3, -0.25) is 0 Å². The number of allylic oxidation sites excluding steroid dienone is 2. The van der Waals surface area contributed by atoms with Crippen molar-refractivity contribution in [2.45, 2.75) is 13.3 Å². The van der Waals surface area contributed by atoms with E-state index >= 15 is 0 Å². The molecule has 10 heavy (non-hydrogen) atoms. The van der Waals surface area contributed by atoms with E-state index < -0.39 is 0 Å². The summed E-state index contributed by atoms with van der Waals surface area (Å²) in [6, 6.07) is 0. The number of esters is 1. The van der Waals surface area contributed by atoms with Crippen molar-refractivity contribution in [2.24, 2.45) is 0 Å². The topological polar surface area (TPSA) is 26.3 Å². The van der Waals surface area contributed by atoms with E-state index in [1.165, 1.54) is 13.2 Å². The van der Waals surface area contributed by atoms with Crippen LogP contribution in [0.2, 0.25) is 0 Å². The lowest BCUT2D eigenvalue weighted by Gasteiger charge is -1.93. The first-order chi connectivity index (χ1) is 4.70. The molecule has 0 aromatic carbocycles. The Morgan fingerprint density at radius 1 is 1.70 bits per heavy atom.